The molecular weight excluding hydrogens is 216 g/mol. The maximum Gasteiger partial charge on any atom is 0.236 e. The van der Waals surface area contributed by atoms with Crippen molar-refractivity contribution in [3.63, 3.8) is 0 Å². The number of nitrogens with zero attached hydrogens (tertiary/aromatic N) is 1. The van der Waals surface area contributed by atoms with Crippen molar-refractivity contribution in [2.75, 3.05) is 23.7 Å². The number of hydrogen-bond donors (Lipinski definition) is 2. The van der Waals surface area contributed by atoms with E-state index in [0.717, 1.165) is 6.07 Å². The lowest BCUT2D eigenvalue weighted by atomic mass is 10.2. The van der Waals surface area contributed by atoms with Gasteiger partial charge in [-0.3, -0.25) is 4.79 Å². The number of nitrogens with two attached hydrogens (primary N) is 2. The van der Waals surface area contributed by atoms with Crippen LogP contribution in [0.3, 0.4) is 0 Å². The van der Waals surface area contributed by atoms with Gasteiger partial charge in [0, 0.05) is 12.6 Å². The van der Waals surface area contributed by atoms with Crippen molar-refractivity contribution in [1.82, 2.24) is 0 Å². The fourth-order valence-corrected chi connectivity index (χ4v) is 1.39. The molecule has 0 spiro atoms. The molecule has 0 aliphatic carbocycles. The summed E-state index contributed by atoms with van der Waals surface area (Å²) in [6, 6.07) is 1.77. The Hall–Kier alpha value is -1.85. The summed E-state index contributed by atoms with van der Waals surface area (Å²) in [6.07, 6.45) is 0. The first-order valence-corrected chi connectivity index (χ1v) is 4.73. The molecule has 0 saturated heterocycles. The van der Waals surface area contributed by atoms with Gasteiger partial charge in [-0.15, -0.1) is 0 Å². The van der Waals surface area contributed by atoms with E-state index in [4.69, 9.17) is 11.5 Å². The van der Waals surface area contributed by atoms with Gasteiger partial charge in [0.25, 0.3) is 0 Å². The molecule has 0 fully saturated rings. The van der Waals surface area contributed by atoms with Gasteiger partial charge < -0.3 is 16.4 Å². The Labute approximate surface area is 91.8 Å². The second-order valence-electron chi connectivity index (χ2n) is 3.30. The molecule has 1 rings (SSSR count). The molecule has 1 aromatic carbocycles. The van der Waals surface area contributed by atoms with Crippen LogP contribution in [0.15, 0.2) is 12.1 Å². The van der Waals surface area contributed by atoms with E-state index in [1.54, 1.807) is 6.92 Å². The molecule has 0 saturated carbocycles. The second kappa shape index (κ2) is 4.78. The minimum absolute atomic E-state index is 0.135. The van der Waals surface area contributed by atoms with Crippen LogP contribution in [0.1, 0.15) is 6.92 Å². The van der Waals surface area contributed by atoms with Crippen molar-refractivity contribution < 1.29 is 13.6 Å². The lowest BCUT2D eigenvalue weighted by Gasteiger charge is -2.23. The highest BCUT2D eigenvalue weighted by atomic mass is 19.1. The summed E-state index contributed by atoms with van der Waals surface area (Å²) in [6.45, 7) is 1.96. The summed E-state index contributed by atoms with van der Waals surface area (Å²) in [5.41, 5.74) is 10.4. The molecule has 6 heteroatoms. The van der Waals surface area contributed by atoms with Gasteiger partial charge in [0.1, 0.15) is 5.82 Å². The van der Waals surface area contributed by atoms with E-state index in [0.29, 0.717) is 12.6 Å². The summed E-state index contributed by atoms with van der Waals surface area (Å²) < 4.78 is 26.2. The summed E-state index contributed by atoms with van der Waals surface area (Å²) in [5, 5.41) is 0. The number of halogens is 2. The van der Waals surface area contributed by atoms with Crippen LogP contribution in [-0.4, -0.2) is 19.0 Å². The zero-order valence-electron chi connectivity index (χ0n) is 8.84. The summed E-state index contributed by atoms with van der Waals surface area (Å²) in [5.74, 6) is -2.19. The van der Waals surface area contributed by atoms with Gasteiger partial charge in [0.2, 0.25) is 5.91 Å². The van der Waals surface area contributed by atoms with Crippen molar-refractivity contribution in [1.29, 1.82) is 0 Å². The topological polar surface area (TPSA) is 72.3 Å². The van der Waals surface area contributed by atoms with Gasteiger partial charge >= 0.3 is 0 Å². The summed E-state index contributed by atoms with van der Waals surface area (Å²) in [7, 11) is 0. The average molecular weight is 229 g/mol. The van der Waals surface area contributed by atoms with Crippen LogP contribution in [0.4, 0.5) is 20.2 Å². The Morgan fingerprint density at radius 1 is 1.44 bits per heavy atom. The maximum atomic E-state index is 13.2. The van der Waals surface area contributed by atoms with Crippen LogP contribution < -0.4 is 16.4 Å². The molecule has 1 aromatic rings. The number of likely N-dealkylation sites (N-methyl/N-ethyl adjacent to an activating group) is 1. The number of carbonyl (C=O) groups is 1. The molecule has 0 unspecified atom stereocenters. The van der Waals surface area contributed by atoms with Crippen molar-refractivity contribution in [2.45, 2.75) is 6.92 Å². The van der Waals surface area contributed by atoms with E-state index in [-0.39, 0.29) is 17.9 Å². The van der Waals surface area contributed by atoms with E-state index < -0.39 is 17.5 Å². The van der Waals surface area contributed by atoms with E-state index in [9.17, 15) is 13.6 Å². The zero-order valence-corrected chi connectivity index (χ0v) is 8.84. The van der Waals surface area contributed by atoms with Crippen molar-refractivity contribution in [2.24, 2.45) is 5.73 Å². The molecule has 4 nitrogen and oxygen atoms in total. The number of rotatable bonds is 4. The monoisotopic (exact) mass is 229 g/mol. The molecule has 0 radical (unpaired) electrons. The normalized spacial score (nSPS) is 10.2. The number of benzene rings is 1. The highest BCUT2D eigenvalue weighted by Crippen LogP contribution is 2.26. The molecule has 88 valence electrons. The van der Waals surface area contributed by atoms with Gasteiger partial charge in [-0.1, -0.05) is 0 Å². The van der Waals surface area contributed by atoms with Crippen LogP contribution in [-0.2, 0) is 4.79 Å². The lowest BCUT2D eigenvalue weighted by molar-refractivity contribution is -0.116. The third-order valence-corrected chi connectivity index (χ3v) is 2.14. The van der Waals surface area contributed by atoms with Crippen LogP contribution in [0.2, 0.25) is 0 Å². The van der Waals surface area contributed by atoms with Crippen LogP contribution in [0, 0.1) is 11.6 Å². The number of primary amides is 1. The van der Waals surface area contributed by atoms with Gasteiger partial charge in [-0.2, -0.15) is 0 Å². The molecule has 16 heavy (non-hydrogen) atoms. The maximum absolute atomic E-state index is 13.2. The van der Waals surface area contributed by atoms with E-state index >= 15 is 0 Å². The van der Waals surface area contributed by atoms with Gasteiger partial charge in [-0.25, -0.2) is 8.78 Å². The van der Waals surface area contributed by atoms with Gasteiger partial charge in [0.15, 0.2) is 5.82 Å². The molecule has 0 atom stereocenters. The minimum atomic E-state index is -0.849. The van der Waals surface area contributed by atoms with E-state index in [2.05, 4.69) is 0 Å². The number of nitrogen functional groups attached to an aromatic ring is 1. The minimum Gasteiger partial charge on any atom is -0.395 e. The van der Waals surface area contributed by atoms with Gasteiger partial charge in [-0.05, 0) is 13.0 Å². The Bertz CT molecular complexity index is 409. The molecule has 0 heterocycles. The van der Waals surface area contributed by atoms with E-state index in [1.165, 1.54) is 4.90 Å². The van der Waals surface area contributed by atoms with Crippen molar-refractivity contribution in [3.8, 4) is 0 Å². The Morgan fingerprint density at radius 2 is 2.06 bits per heavy atom. The highest BCUT2D eigenvalue weighted by molar-refractivity contribution is 5.81. The standard InChI is InChI=1S/C10H13F2N3O/c1-2-15(5-9(13)16)8-4-6(11)3-7(12)10(8)14/h3-4H,2,5,14H2,1H3,(H2,13,16). The fourth-order valence-electron chi connectivity index (χ4n) is 1.39. The molecule has 0 aliphatic heterocycles. The zero-order chi connectivity index (χ0) is 12.3. The van der Waals surface area contributed by atoms with Crippen LogP contribution >= 0.6 is 0 Å². The quantitative estimate of drug-likeness (QED) is 0.752. The number of amides is 1. The second-order valence-corrected chi connectivity index (χ2v) is 3.30. The number of carbonyl (C=O) groups excluding carboxylic acids is 1. The third-order valence-electron chi connectivity index (χ3n) is 2.14. The SMILES string of the molecule is CCN(CC(N)=O)c1cc(F)cc(F)c1N. The van der Waals surface area contributed by atoms with E-state index in [1.807, 2.05) is 0 Å². The summed E-state index contributed by atoms with van der Waals surface area (Å²) >= 11 is 0. The molecule has 0 bridgehead atoms. The first-order chi connectivity index (χ1) is 7.45. The fraction of sp³-hybridized carbons (Fsp3) is 0.300. The lowest BCUT2D eigenvalue weighted by Crippen LogP contribution is -2.34. The van der Waals surface area contributed by atoms with Crippen LogP contribution in [0.5, 0.6) is 0 Å². The largest absolute Gasteiger partial charge is 0.395 e. The van der Waals surface area contributed by atoms with Crippen molar-refractivity contribution >= 4 is 17.3 Å². The number of hydrogen-bond acceptors (Lipinski definition) is 3. The molecule has 0 aromatic heterocycles. The molecule has 4 N–H and O–H groups in total. The molecule has 0 aliphatic rings. The number of anilines is 2. The molecule has 1 amide bonds. The Balaban J connectivity index is 3.13. The smallest absolute Gasteiger partial charge is 0.236 e. The predicted octanol–water partition coefficient (Wildman–Crippen LogP) is 0.859. The average Bonchev–Trinajstić information content (AvgIpc) is 2.20. The van der Waals surface area contributed by atoms with Gasteiger partial charge in [0.05, 0.1) is 17.9 Å². The summed E-state index contributed by atoms with van der Waals surface area (Å²) in [4.78, 5) is 12.2. The highest BCUT2D eigenvalue weighted by Gasteiger charge is 2.15. The Kier molecular flexibility index (Phi) is 3.65. The Morgan fingerprint density at radius 3 is 2.56 bits per heavy atom. The predicted molar refractivity (Wildman–Crippen MR) is 57.9 cm³/mol. The third kappa shape index (κ3) is 2.59. The first kappa shape index (κ1) is 12.2. The first-order valence-electron chi connectivity index (χ1n) is 4.73. The van der Waals surface area contributed by atoms with Crippen LogP contribution in [0.25, 0.3) is 0 Å². The molecular formula is C10H13F2N3O. The van der Waals surface area contributed by atoms with Crippen molar-refractivity contribution in [3.05, 3.63) is 23.8 Å².